The van der Waals surface area contributed by atoms with E-state index in [1.54, 1.807) is 6.07 Å². The van der Waals surface area contributed by atoms with Gasteiger partial charge in [-0.15, -0.1) is 0 Å². The summed E-state index contributed by atoms with van der Waals surface area (Å²) < 4.78 is 5.05. The molecule has 1 aromatic rings. The molecule has 0 saturated heterocycles. The van der Waals surface area contributed by atoms with E-state index in [2.05, 4.69) is 0 Å². The Morgan fingerprint density at radius 3 is 2.47 bits per heavy atom. The minimum absolute atomic E-state index is 0.138. The molecule has 1 unspecified atom stereocenters. The summed E-state index contributed by atoms with van der Waals surface area (Å²) in [6.45, 7) is 5.96. The van der Waals surface area contributed by atoms with Crippen LogP contribution >= 0.6 is 0 Å². The number of nitrogens with two attached hydrogens (primary N) is 1. The molecule has 84 valence electrons. The molecule has 3 nitrogen and oxygen atoms in total. The molecule has 0 heterocycles. The van der Waals surface area contributed by atoms with Gasteiger partial charge in [0, 0.05) is 11.1 Å². The zero-order valence-corrected chi connectivity index (χ0v) is 9.74. The second kappa shape index (κ2) is 4.11. The molecule has 1 atom stereocenters. The number of hydrogen-bond acceptors (Lipinski definition) is 3. The summed E-state index contributed by atoms with van der Waals surface area (Å²) in [5.41, 5.74) is 6.35. The highest BCUT2D eigenvalue weighted by atomic mass is 16.5. The van der Waals surface area contributed by atoms with E-state index in [9.17, 15) is 5.11 Å². The predicted molar refractivity (Wildman–Crippen MR) is 61.0 cm³/mol. The van der Waals surface area contributed by atoms with Crippen LogP contribution in [0.4, 0.5) is 0 Å². The highest BCUT2D eigenvalue weighted by Gasteiger charge is 2.29. The van der Waals surface area contributed by atoms with Crippen molar-refractivity contribution in [2.45, 2.75) is 26.3 Å². The highest BCUT2D eigenvalue weighted by Crippen LogP contribution is 2.38. The van der Waals surface area contributed by atoms with Crippen LogP contribution in [0.25, 0.3) is 0 Å². The number of phenolic OH excluding ortho intramolecular Hbond substituents is 1. The highest BCUT2D eigenvalue weighted by molar-refractivity contribution is 5.48. The molecule has 1 aromatic carbocycles. The summed E-state index contributed by atoms with van der Waals surface area (Å²) in [7, 11) is 1.53. The van der Waals surface area contributed by atoms with Crippen LogP contribution in [0, 0.1) is 5.92 Å². The fourth-order valence-corrected chi connectivity index (χ4v) is 1.43. The predicted octanol–water partition coefficient (Wildman–Crippen LogP) is 2.23. The van der Waals surface area contributed by atoms with Crippen LogP contribution in [0.1, 0.15) is 26.3 Å². The summed E-state index contributed by atoms with van der Waals surface area (Å²) in [5.74, 6) is 0.832. The number of hydrogen-bond donors (Lipinski definition) is 2. The smallest absolute Gasteiger partial charge is 0.162 e. The lowest BCUT2D eigenvalue weighted by Crippen LogP contribution is -2.38. The summed E-state index contributed by atoms with van der Waals surface area (Å²) >= 11 is 0. The molecule has 0 spiro atoms. The van der Waals surface area contributed by atoms with Crippen molar-refractivity contribution >= 4 is 0 Å². The molecule has 3 N–H and O–H groups in total. The molecule has 0 aliphatic carbocycles. The molecule has 0 saturated carbocycles. The number of aromatic hydroxyl groups is 1. The van der Waals surface area contributed by atoms with Gasteiger partial charge in [0.25, 0.3) is 0 Å². The van der Waals surface area contributed by atoms with Crippen molar-refractivity contribution < 1.29 is 9.84 Å². The van der Waals surface area contributed by atoms with Crippen LogP contribution in [0.2, 0.25) is 0 Å². The van der Waals surface area contributed by atoms with Crippen molar-refractivity contribution in [2.24, 2.45) is 11.7 Å². The first kappa shape index (κ1) is 11.9. The normalized spacial score (nSPS) is 15.1. The number of methoxy groups -OCH3 is 1. The summed E-state index contributed by atoms with van der Waals surface area (Å²) in [5, 5.41) is 9.97. The quantitative estimate of drug-likeness (QED) is 0.802. The van der Waals surface area contributed by atoms with Crippen molar-refractivity contribution in [1.29, 1.82) is 0 Å². The van der Waals surface area contributed by atoms with Gasteiger partial charge in [0.2, 0.25) is 0 Å². The molecule has 15 heavy (non-hydrogen) atoms. The van der Waals surface area contributed by atoms with Crippen LogP contribution in [0.5, 0.6) is 11.5 Å². The summed E-state index contributed by atoms with van der Waals surface area (Å²) in [6.07, 6.45) is 0. The number of ether oxygens (including phenoxy) is 1. The maximum absolute atomic E-state index is 9.97. The van der Waals surface area contributed by atoms with Crippen molar-refractivity contribution in [3.8, 4) is 11.5 Å². The maximum atomic E-state index is 9.97. The second-order valence-electron chi connectivity index (χ2n) is 4.29. The van der Waals surface area contributed by atoms with Crippen LogP contribution in [0.3, 0.4) is 0 Å². The first-order chi connectivity index (χ1) is 6.91. The van der Waals surface area contributed by atoms with E-state index < -0.39 is 5.54 Å². The van der Waals surface area contributed by atoms with Crippen LogP contribution < -0.4 is 10.5 Å². The number of phenols is 1. The van der Waals surface area contributed by atoms with Gasteiger partial charge in [0.1, 0.15) is 0 Å². The van der Waals surface area contributed by atoms with E-state index in [1.807, 2.05) is 32.9 Å². The second-order valence-corrected chi connectivity index (χ2v) is 4.29. The lowest BCUT2D eigenvalue weighted by atomic mass is 9.82. The number of benzene rings is 1. The lowest BCUT2D eigenvalue weighted by molar-refractivity contribution is 0.320. The minimum atomic E-state index is -0.557. The fraction of sp³-hybridized carbons (Fsp3) is 0.500. The standard InChI is InChI=1S/C12H19NO2/c1-8(2)12(3,13)9-6-5-7-10(15-4)11(9)14/h5-8,14H,13H2,1-4H3. The first-order valence-electron chi connectivity index (χ1n) is 5.06. The average molecular weight is 209 g/mol. The third kappa shape index (κ3) is 2.07. The summed E-state index contributed by atoms with van der Waals surface area (Å²) in [4.78, 5) is 0. The summed E-state index contributed by atoms with van der Waals surface area (Å²) in [6, 6.07) is 5.38. The van der Waals surface area contributed by atoms with Gasteiger partial charge in [-0.3, -0.25) is 0 Å². The van der Waals surface area contributed by atoms with E-state index in [-0.39, 0.29) is 11.7 Å². The van der Waals surface area contributed by atoms with Gasteiger partial charge in [-0.25, -0.2) is 0 Å². The van der Waals surface area contributed by atoms with Gasteiger partial charge in [0.15, 0.2) is 11.5 Å². The fourth-order valence-electron chi connectivity index (χ4n) is 1.43. The number of rotatable bonds is 3. The molecule has 0 aromatic heterocycles. The van der Waals surface area contributed by atoms with Gasteiger partial charge in [-0.2, -0.15) is 0 Å². The molecule has 0 amide bonds. The van der Waals surface area contributed by atoms with Crippen molar-refractivity contribution in [3.05, 3.63) is 23.8 Å². The Hall–Kier alpha value is -1.22. The van der Waals surface area contributed by atoms with Crippen molar-refractivity contribution in [2.75, 3.05) is 7.11 Å². The minimum Gasteiger partial charge on any atom is -0.504 e. The van der Waals surface area contributed by atoms with E-state index in [1.165, 1.54) is 7.11 Å². The molecule has 0 fully saturated rings. The molecule has 0 bridgehead atoms. The van der Waals surface area contributed by atoms with Gasteiger partial charge in [-0.1, -0.05) is 26.0 Å². The van der Waals surface area contributed by atoms with E-state index in [0.717, 1.165) is 5.56 Å². The molecule has 1 rings (SSSR count). The third-order valence-electron chi connectivity index (χ3n) is 3.00. The van der Waals surface area contributed by atoms with Crippen molar-refractivity contribution in [3.63, 3.8) is 0 Å². The Kier molecular flexibility index (Phi) is 3.25. The topological polar surface area (TPSA) is 55.5 Å². The van der Waals surface area contributed by atoms with Gasteiger partial charge in [0.05, 0.1) is 7.11 Å². The van der Waals surface area contributed by atoms with Gasteiger partial charge in [-0.05, 0) is 18.9 Å². The van der Waals surface area contributed by atoms with E-state index >= 15 is 0 Å². The first-order valence-corrected chi connectivity index (χ1v) is 5.06. The van der Waals surface area contributed by atoms with Crippen LogP contribution in [-0.4, -0.2) is 12.2 Å². The Morgan fingerprint density at radius 1 is 1.40 bits per heavy atom. The lowest BCUT2D eigenvalue weighted by Gasteiger charge is -2.30. The van der Waals surface area contributed by atoms with Crippen molar-refractivity contribution in [1.82, 2.24) is 0 Å². The SMILES string of the molecule is COc1cccc(C(C)(N)C(C)C)c1O. The number of para-hydroxylation sites is 1. The molecular formula is C12H19NO2. The maximum Gasteiger partial charge on any atom is 0.162 e. The average Bonchev–Trinajstić information content (AvgIpc) is 2.17. The molecule has 3 heteroatoms. The van der Waals surface area contributed by atoms with E-state index in [0.29, 0.717) is 5.75 Å². The van der Waals surface area contributed by atoms with Gasteiger partial charge < -0.3 is 15.6 Å². The molecule has 0 aliphatic heterocycles. The molecule has 0 radical (unpaired) electrons. The van der Waals surface area contributed by atoms with E-state index in [4.69, 9.17) is 10.5 Å². The Labute approximate surface area is 90.9 Å². The van der Waals surface area contributed by atoms with Crippen LogP contribution in [-0.2, 0) is 5.54 Å². The Balaban J connectivity index is 3.26. The Bertz CT molecular complexity index is 345. The zero-order valence-electron chi connectivity index (χ0n) is 9.74. The Morgan fingerprint density at radius 2 is 2.00 bits per heavy atom. The largest absolute Gasteiger partial charge is 0.504 e. The molecular weight excluding hydrogens is 190 g/mol. The molecule has 0 aliphatic rings. The zero-order chi connectivity index (χ0) is 11.6. The van der Waals surface area contributed by atoms with Crippen LogP contribution in [0.15, 0.2) is 18.2 Å². The van der Waals surface area contributed by atoms with Gasteiger partial charge >= 0.3 is 0 Å². The monoisotopic (exact) mass is 209 g/mol. The third-order valence-corrected chi connectivity index (χ3v) is 3.00.